The van der Waals surface area contributed by atoms with E-state index < -0.39 is 5.97 Å². The predicted molar refractivity (Wildman–Crippen MR) is 91.6 cm³/mol. The highest BCUT2D eigenvalue weighted by Crippen LogP contribution is 2.31. The largest absolute Gasteiger partial charge is 0.452 e. The number of aromatic nitrogens is 1. The molecule has 0 aliphatic carbocycles. The standard InChI is InChI=1S/C17H14Cl2N2O3/c1-10-6-11-4-2-3-5-13(11)21(10)16(22)9-24-17(23)12-7-14(18)20-15(19)8-12/h2-5,7-8,10H,6,9H2,1H3/t10-/m0/s1. The van der Waals surface area contributed by atoms with Crippen molar-refractivity contribution in [2.45, 2.75) is 19.4 Å². The highest BCUT2D eigenvalue weighted by molar-refractivity contribution is 6.32. The number of para-hydroxylation sites is 1. The quantitative estimate of drug-likeness (QED) is 0.617. The Morgan fingerprint density at radius 3 is 2.62 bits per heavy atom. The molecule has 2 heterocycles. The lowest BCUT2D eigenvalue weighted by atomic mass is 10.1. The number of anilines is 1. The van der Waals surface area contributed by atoms with Crippen molar-refractivity contribution < 1.29 is 14.3 Å². The molecular formula is C17H14Cl2N2O3. The van der Waals surface area contributed by atoms with Crippen LogP contribution in [0.4, 0.5) is 5.69 Å². The van der Waals surface area contributed by atoms with Crippen LogP contribution >= 0.6 is 23.2 Å². The second kappa shape index (κ2) is 6.79. The normalized spacial score (nSPS) is 16.0. The summed E-state index contributed by atoms with van der Waals surface area (Å²) in [5.74, 6) is -0.943. The molecule has 1 aliphatic rings. The van der Waals surface area contributed by atoms with E-state index in [2.05, 4.69) is 4.98 Å². The SMILES string of the molecule is C[C@H]1Cc2ccccc2N1C(=O)COC(=O)c1cc(Cl)nc(Cl)c1. The van der Waals surface area contributed by atoms with Crippen LogP contribution in [0.15, 0.2) is 36.4 Å². The van der Waals surface area contributed by atoms with Crippen LogP contribution < -0.4 is 4.90 Å². The molecule has 0 spiro atoms. The highest BCUT2D eigenvalue weighted by atomic mass is 35.5. The van der Waals surface area contributed by atoms with E-state index in [9.17, 15) is 9.59 Å². The van der Waals surface area contributed by atoms with Crippen LogP contribution in [-0.4, -0.2) is 29.5 Å². The van der Waals surface area contributed by atoms with Crippen molar-refractivity contribution in [2.75, 3.05) is 11.5 Å². The van der Waals surface area contributed by atoms with Gasteiger partial charge in [-0.15, -0.1) is 0 Å². The van der Waals surface area contributed by atoms with Gasteiger partial charge in [0.2, 0.25) is 0 Å². The number of rotatable bonds is 3. The molecule has 1 atom stereocenters. The number of benzene rings is 1. The minimum atomic E-state index is -0.672. The Balaban J connectivity index is 1.68. The molecule has 0 saturated heterocycles. The zero-order valence-electron chi connectivity index (χ0n) is 12.8. The topological polar surface area (TPSA) is 59.5 Å². The number of carbonyl (C=O) groups excluding carboxylic acids is 2. The first-order chi connectivity index (χ1) is 11.5. The first kappa shape index (κ1) is 16.7. The van der Waals surface area contributed by atoms with Gasteiger partial charge in [0.1, 0.15) is 10.3 Å². The van der Waals surface area contributed by atoms with Crippen LogP contribution in [-0.2, 0) is 16.0 Å². The first-order valence-corrected chi connectivity index (χ1v) is 8.11. The summed E-state index contributed by atoms with van der Waals surface area (Å²) in [6.45, 7) is 1.61. The van der Waals surface area contributed by atoms with E-state index in [0.717, 1.165) is 17.7 Å². The number of amides is 1. The molecule has 3 rings (SSSR count). The lowest BCUT2D eigenvalue weighted by Crippen LogP contribution is -2.38. The molecule has 0 radical (unpaired) electrons. The Hall–Kier alpha value is -2.11. The average Bonchev–Trinajstić information content (AvgIpc) is 2.87. The van der Waals surface area contributed by atoms with Gasteiger partial charge in [-0.05, 0) is 37.1 Å². The van der Waals surface area contributed by atoms with Crippen molar-refractivity contribution in [3.8, 4) is 0 Å². The Bertz CT molecular complexity index is 790. The van der Waals surface area contributed by atoms with Gasteiger partial charge in [0.05, 0.1) is 5.56 Å². The molecule has 0 saturated carbocycles. The van der Waals surface area contributed by atoms with Crippen molar-refractivity contribution >= 4 is 40.8 Å². The minimum absolute atomic E-state index is 0.0263. The Morgan fingerprint density at radius 2 is 1.92 bits per heavy atom. The molecule has 1 aromatic carbocycles. The molecule has 7 heteroatoms. The lowest BCUT2D eigenvalue weighted by Gasteiger charge is -2.22. The zero-order valence-corrected chi connectivity index (χ0v) is 14.3. The van der Waals surface area contributed by atoms with E-state index in [-0.39, 0.29) is 34.4 Å². The number of fused-ring (bicyclic) bond motifs is 1. The number of carbonyl (C=O) groups is 2. The van der Waals surface area contributed by atoms with E-state index in [1.54, 1.807) is 4.90 Å². The molecule has 0 unspecified atom stereocenters. The summed E-state index contributed by atoms with van der Waals surface area (Å²) in [6, 6.07) is 10.4. The van der Waals surface area contributed by atoms with Gasteiger partial charge in [0, 0.05) is 11.7 Å². The molecule has 0 fully saturated rings. The monoisotopic (exact) mass is 364 g/mol. The number of pyridine rings is 1. The van der Waals surface area contributed by atoms with Gasteiger partial charge >= 0.3 is 5.97 Å². The number of halogens is 2. The van der Waals surface area contributed by atoms with Crippen molar-refractivity contribution in [1.29, 1.82) is 0 Å². The molecular weight excluding hydrogens is 351 g/mol. The number of hydrogen-bond acceptors (Lipinski definition) is 4. The number of ether oxygens (including phenoxy) is 1. The van der Waals surface area contributed by atoms with E-state index in [1.165, 1.54) is 12.1 Å². The van der Waals surface area contributed by atoms with Crippen molar-refractivity contribution in [1.82, 2.24) is 4.98 Å². The summed E-state index contributed by atoms with van der Waals surface area (Å²) in [4.78, 5) is 29.9. The van der Waals surface area contributed by atoms with Crippen LogP contribution in [0, 0.1) is 0 Å². The fraction of sp³-hybridized carbons (Fsp3) is 0.235. The first-order valence-electron chi connectivity index (χ1n) is 7.36. The number of nitrogens with zero attached hydrogens (tertiary/aromatic N) is 2. The van der Waals surface area contributed by atoms with Crippen molar-refractivity contribution in [2.24, 2.45) is 0 Å². The van der Waals surface area contributed by atoms with E-state index >= 15 is 0 Å². The predicted octanol–water partition coefficient (Wildman–Crippen LogP) is 3.52. The van der Waals surface area contributed by atoms with Gasteiger partial charge in [0.25, 0.3) is 5.91 Å². The summed E-state index contributed by atoms with van der Waals surface area (Å²) in [7, 11) is 0. The molecule has 5 nitrogen and oxygen atoms in total. The van der Waals surface area contributed by atoms with Crippen molar-refractivity contribution in [3.05, 3.63) is 57.8 Å². The van der Waals surface area contributed by atoms with Crippen molar-refractivity contribution in [3.63, 3.8) is 0 Å². The second-order valence-electron chi connectivity index (χ2n) is 5.52. The molecule has 2 aromatic rings. The maximum absolute atomic E-state index is 12.5. The zero-order chi connectivity index (χ0) is 17.3. The molecule has 1 amide bonds. The Labute approximate surface area is 149 Å². The molecule has 1 aromatic heterocycles. The third kappa shape index (κ3) is 3.37. The second-order valence-corrected chi connectivity index (χ2v) is 6.30. The number of esters is 1. The molecule has 0 bridgehead atoms. The maximum atomic E-state index is 12.5. The van der Waals surface area contributed by atoms with Gasteiger partial charge in [-0.1, -0.05) is 41.4 Å². The van der Waals surface area contributed by atoms with Crippen LogP contribution in [0.2, 0.25) is 10.3 Å². The third-order valence-electron chi connectivity index (χ3n) is 3.80. The summed E-state index contributed by atoms with van der Waals surface area (Å²) < 4.78 is 5.10. The summed E-state index contributed by atoms with van der Waals surface area (Å²) in [6.07, 6.45) is 0.783. The van der Waals surface area contributed by atoms with Gasteiger partial charge in [-0.2, -0.15) is 0 Å². The Kier molecular flexibility index (Phi) is 4.73. The van der Waals surface area contributed by atoms with E-state index in [1.807, 2.05) is 31.2 Å². The van der Waals surface area contributed by atoms with Gasteiger partial charge in [0.15, 0.2) is 6.61 Å². The summed E-state index contributed by atoms with van der Waals surface area (Å²) in [5, 5.41) is 0.172. The van der Waals surface area contributed by atoms with Crippen LogP contribution in [0.1, 0.15) is 22.8 Å². The fourth-order valence-corrected chi connectivity index (χ4v) is 3.27. The van der Waals surface area contributed by atoms with Gasteiger partial charge in [-0.3, -0.25) is 4.79 Å². The number of hydrogen-bond donors (Lipinski definition) is 0. The molecule has 1 aliphatic heterocycles. The molecule has 124 valence electrons. The smallest absolute Gasteiger partial charge is 0.338 e. The lowest BCUT2D eigenvalue weighted by molar-refractivity contribution is -0.122. The average molecular weight is 365 g/mol. The van der Waals surface area contributed by atoms with Gasteiger partial charge < -0.3 is 9.64 Å². The molecule has 24 heavy (non-hydrogen) atoms. The van der Waals surface area contributed by atoms with Crippen LogP contribution in [0.25, 0.3) is 0 Å². The summed E-state index contributed by atoms with van der Waals surface area (Å²) >= 11 is 11.5. The van der Waals surface area contributed by atoms with Crippen LogP contribution in [0.3, 0.4) is 0 Å². The highest BCUT2D eigenvalue weighted by Gasteiger charge is 2.31. The molecule has 0 N–H and O–H groups in total. The Morgan fingerprint density at radius 1 is 1.25 bits per heavy atom. The summed E-state index contributed by atoms with van der Waals surface area (Å²) in [5.41, 5.74) is 2.13. The third-order valence-corrected chi connectivity index (χ3v) is 4.19. The van der Waals surface area contributed by atoms with E-state index in [4.69, 9.17) is 27.9 Å². The van der Waals surface area contributed by atoms with Gasteiger partial charge in [-0.25, -0.2) is 9.78 Å². The minimum Gasteiger partial charge on any atom is -0.452 e. The van der Waals surface area contributed by atoms with E-state index in [0.29, 0.717) is 0 Å². The maximum Gasteiger partial charge on any atom is 0.338 e. The van der Waals surface area contributed by atoms with Crippen LogP contribution in [0.5, 0.6) is 0 Å². The fourth-order valence-electron chi connectivity index (χ4n) is 2.81.